The zero-order chi connectivity index (χ0) is 21.0. The van der Waals surface area contributed by atoms with Crippen molar-refractivity contribution in [2.45, 2.75) is 13.8 Å². The van der Waals surface area contributed by atoms with Crippen LogP contribution in [0.2, 0.25) is 0 Å². The minimum absolute atomic E-state index is 0.313. The normalized spacial score (nSPS) is 10.3. The first kappa shape index (κ1) is 20.0. The predicted octanol–water partition coefficient (Wildman–Crippen LogP) is 5.48. The van der Waals surface area contributed by atoms with Gasteiger partial charge in [-0.3, -0.25) is 4.79 Å². The summed E-state index contributed by atoms with van der Waals surface area (Å²) in [6, 6.07) is 16.8. The molecular weight excluding hydrogens is 371 g/mol. The molecule has 0 atom stereocenters. The molecular formula is C24H19FO4. The van der Waals surface area contributed by atoms with Gasteiger partial charge in [-0.1, -0.05) is 36.9 Å². The smallest absolute Gasteiger partial charge is 0.338 e. The molecule has 0 heterocycles. The number of hydrogen-bond acceptors (Lipinski definition) is 4. The van der Waals surface area contributed by atoms with E-state index >= 15 is 0 Å². The molecule has 0 unspecified atom stereocenters. The lowest BCUT2D eigenvalue weighted by molar-refractivity contribution is -0.130. The van der Waals surface area contributed by atoms with E-state index in [4.69, 9.17) is 9.47 Å². The molecule has 0 saturated carbocycles. The third kappa shape index (κ3) is 4.58. The summed E-state index contributed by atoms with van der Waals surface area (Å²) in [6.07, 6.45) is 0. The lowest BCUT2D eigenvalue weighted by atomic mass is 9.96. The fourth-order valence-corrected chi connectivity index (χ4v) is 2.89. The van der Waals surface area contributed by atoms with Gasteiger partial charge in [0.2, 0.25) is 0 Å². The zero-order valence-electron chi connectivity index (χ0n) is 16.1. The molecule has 0 saturated heterocycles. The van der Waals surface area contributed by atoms with Crippen LogP contribution in [0.1, 0.15) is 12.5 Å². The molecule has 0 aliphatic heterocycles. The highest BCUT2D eigenvalue weighted by Gasteiger charge is 2.11. The number of esters is 1. The van der Waals surface area contributed by atoms with E-state index in [0.717, 1.165) is 11.1 Å². The van der Waals surface area contributed by atoms with Crippen LogP contribution in [0.3, 0.4) is 0 Å². The Kier molecular flexibility index (Phi) is 5.88. The SMILES string of the molecule is C=C(C)C(=O)Oc1ccc(-c2ccc(-c3ccc(OC=O)cc3C)c(F)c2)cc1. The zero-order valence-corrected chi connectivity index (χ0v) is 16.1. The Bertz CT molecular complexity index is 1080. The van der Waals surface area contributed by atoms with Crippen molar-refractivity contribution < 1.29 is 23.5 Å². The van der Waals surface area contributed by atoms with Gasteiger partial charge in [-0.05, 0) is 66.4 Å². The second-order valence-electron chi connectivity index (χ2n) is 6.58. The van der Waals surface area contributed by atoms with Crippen LogP contribution in [0.4, 0.5) is 4.39 Å². The molecule has 0 N–H and O–H groups in total. The monoisotopic (exact) mass is 390 g/mol. The summed E-state index contributed by atoms with van der Waals surface area (Å²) in [5.41, 5.74) is 3.76. The molecule has 3 aromatic rings. The predicted molar refractivity (Wildman–Crippen MR) is 109 cm³/mol. The molecule has 0 radical (unpaired) electrons. The van der Waals surface area contributed by atoms with Gasteiger partial charge in [-0.25, -0.2) is 9.18 Å². The fraction of sp³-hybridized carbons (Fsp3) is 0.0833. The second kappa shape index (κ2) is 8.52. The molecule has 4 nitrogen and oxygen atoms in total. The molecule has 3 rings (SSSR count). The van der Waals surface area contributed by atoms with Crippen molar-refractivity contribution >= 4 is 12.4 Å². The summed E-state index contributed by atoms with van der Waals surface area (Å²) in [7, 11) is 0. The third-order valence-corrected chi connectivity index (χ3v) is 4.39. The number of carbonyl (C=O) groups excluding carboxylic acids is 2. The van der Waals surface area contributed by atoms with Gasteiger partial charge in [0, 0.05) is 11.1 Å². The first-order valence-corrected chi connectivity index (χ1v) is 8.88. The van der Waals surface area contributed by atoms with Gasteiger partial charge in [-0.2, -0.15) is 0 Å². The maximum atomic E-state index is 14.8. The second-order valence-corrected chi connectivity index (χ2v) is 6.58. The van der Waals surface area contributed by atoms with Crippen molar-refractivity contribution in [3.05, 3.63) is 84.2 Å². The molecule has 0 spiro atoms. The Balaban J connectivity index is 1.85. The summed E-state index contributed by atoms with van der Waals surface area (Å²) < 4.78 is 24.8. The van der Waals surface area contributed by atoms with E-state index in [2.05, 4.69) is 6.58 Å². The summed E-state index contributed by atoms with van der Waals surface area (Å²) in [5.74, 6) is -0.0571. The third-order valence-electron chi connectivity index (χ3n) is 4.39. The summed E-state index contributed by atoms with van der Waals surface area (Å²) in [4.78, 5) is 22.0. The standard InChI is InChI=1S/C24H19FO4/c1-15(2)24(27)29-19-7-4-17(5-8-19)18-6-10-22(23(25)13-18)21-11-9-20(28-14-26)12-16(21)3/h4-14H,1H2,2-3H3. The Morgan fingerprint density at radius 1 is 0.931 bits per heavy atom. The van der Waals surface area contributed by atoms with Gasteiger partial charge in [0.05, 0.1) is 0 Å². The largest absolute Gasteiger partial charge is 0.429 e. The molecule has 5 heteroatoms. The lowest BCUT2D eigenvalue weighted by Gasteiger charge is -2.11. The highest BCUT2D eigenvalue weighted by molar-refractivity contribution is 5.88. The minimum Gasteiger partial charge on any atom is -0.429 e. The summed E-state index contributed by atoms with van der Waals surface area (Å²) >= 11 is 0. The number of rotatable bonds is 6. The van der Waals surface area contributed by atoms with Crippen molar-refractivity contribution in [2.24, 2.45) is 0 Å². The van der Waals surface area contributed by atoms with Crippen LogP contribution in [0, 0.1) is 12.7 Å². The number of carbonyl (C=O) groups is 2. The van der Waals surface area contributed by atoms with E-state index in [-0.39, 0.29) is 5.82 Å². The lowest BCUT2D eigenvalue weighted by Crippen LogP contribution is -2.07. The minimum atomic E-state index is -0.493. The van der Waals surface area contributed by atoms with E-state index in [1.165, 1.54) is 6.07 Å². The molecule has 146 valence electrons. The first-order valence-electron chi connectivity index (χ1n) is 8.88. The maximum Gasteiger partial charge on any atom is 0.338 e. The van der Waals surface area contributed by atoms with Crippen molar-refractivity contribution in [1.82, 2.24) is 0 Å². The maximum absolute atomic E-state index is 14.8. The molecule has 0 bridgehead atoms. The molecule has 3 aromatic carbocycles. The van der Waals surface area contributed by atoms with Gasteiger partial charge < -0.3 is 9.47 Å². The first-order chi connectivity index (χ1) is 13.9. The molecule has 0 fully saturated rings. The topological polar surface area (TPSA) is 52.6 Å². The van der Waals surface area contributed by atoms with Crippen molar-refractivity contribution in [1.29, 1.82) is 0 Å². The number of benzene rings is 3. The van der Waals surface area contributed by atoms with Gasteiger partial charge >= 0.3 is 5.97 Å². The van der Waals surface area contributed by atoms with Crippen LogP contribution in [0.15, 0.2) is 72.8 Å². The Hall–Kier alpha value is -3.73. The highest BCUT2D eigenvalue weighted by Crippen LogP contribution is 2.32. The van der Waals surface area contributed by atoms with E-state index < -0.39 is 5.97 Å². The Morgan fingerprint density at radius 3 is 2.14 bits per heavy atom. The molecule has 0 aliphatic carbocycles. The number of ether oxygens (including phenoxy) is 2. The van der Waals surface area contributed by atoms with Crippen molar-refractivity contribution in [3.8, 4) is 33.8 Å². The van der Waals surface area contributed by atoms with Crippen LogP contribution in [-0.2, 0) is 9.59 Å². The van der Waals surface area contributed by atoms with Crippen LogP contribution in [0.5, 0.6) is 11.5 Å². The van der Waals surface area contributed by atoms with E-state index in [0.29, 0.717) is 40.2 Å². The highest BCUT2D eigenvalue weighted by atomic mass is 19.1. The number of aryl methyl sites for hydroxylation is 1. The molecule has 0 aromatic heterocycles. The average Bonchev–Trinajstić information content (AvgIpc) is 2.69. The summed E-state index contributed by atoms with van der Waals surface area (Å²) in [5, 5.41) is 0. The molecule has 29 heavy (non-hydrogen) atoms. The van der Waals surface area contributed by atoms with E-state index in [1.807, 2.05) is 13.0 Å². The van der Waals surface area contributed by atoms with Crippen molar-refractivity contribution in [2.75, 3.05) is 0 Å². The van der Waals surface area contributed by atoms with Crippen LogP contribution in [0.25, 0.3) is 22.3 Å². The number of hydrogen-bond donors (Lipinski definition) is 0. The van der Waals surface area contributed by atoms with E-state index in [1.54, 1.807) is 55.5 Å². The molecule has 0 aliphatic rings. The summed E-state index contributed by atoms with van der Waals surface area (Å²) in [6.45, 7) is 7.30. The number of halogens is 1. The molecule has 0 amide bonds. The Labute approximate surface area is 168 Å². The van der Waals surface area contributed by atoms with Gasteiger partial charge in [0.15, 0.2) is 0 Å². The quantitative estimate of drug-likeness (QED) is 0.242. The van der Waals surface area contributed by atoms with Gasteiger partial charge in [0.25, 0.3) is 6.47 Å². The Morgan fingerprint density at radius 2 is 1.55 bits per heavy atom. The van der Waals surface area contributed by atoms with Gasteiger partial charge in [-0.15, -0.1) is 0 Å². The van der Waals surface area contributed by atoms with E-state index in [9.17, 15) is 14.0 Å². The van der Waals surface area contributed by atoms with Crippen LogP contribution >= 0.6 is 0 Å². The van der Waals surface area contributed by atoms with Gasteiger partial charge in [0.1, 0.15) is 17.3 Å². The van der Waals surface area contributed by atoms with Crippen LogP contribution in [-0.4, -0.2) is 12.4 Å². The average molecular weight is 390 g/mol. The van der Waals surface area contributed by atoms with Crippen molar-refractivity contribution in [3.63, 3.8) is 0 Å². The van der Waals surface area contributed by atoms with Crippen LogP contribution < -0.4 is 9.47 Å². The fourth-order valence-electron chi connectivity index (χ4n) is 2.89.